The Morgan fingerprint density at radius 1 is 1.12 bits per heavy atom. The first-order chi connectivity index (χ1) is 12.3. The van der Waals surface area contributed by atoms with Crippen molar-refractivity contribution in [2.24, 2.45) is 0 Å². The van der Waals surface area contributed by atoms with E-state index >= 15 is 0 Å². The van der Waals surface area contributed by atoms with Gasteiger partial charge < -0.3 is 0 Å². The van der Waals surface area contributed by atoms with Gasteiger partial charge in [-0.2, -0.15) is 0 Å². The minimum absolute atomic E-state index is 0.0192. The molecule has 0 fully saturated rings. The largest absolute Gasteiger partial charge is 0.298 e. The van der Waals surface area contributed by atoms with Crippen molar-refractivity contribution in [2.75, 3.05) is 5.32 Å². The summed E-state index contributed by atoms with van der Waals surface area (Å²) in [6.07, 6.45) is 0. The summed E-state index contributed by atoms with van der Waals surface area (Å²) < 4.78 is 0. The fraction of sp³-hybridized carbons (Fsp3) is 0. The van der Waals surface area contributed by atoms with E-state index in [9.17, 15) is 14.9 Å². The number of nitro groups is 1. The number of anilines is 1. The van der Waals surface area contributed by atoms with Crippen LogP contribution < -0.4 is 5.32 Å². The van der Waals surface area contributed by atoms with Crippen LogP contribution >= 0.6 is 46.1 Å². The van der Waals surface area contributed by atoms with Gasteiger partial charge in [0.15, 0.2) is 5.13 Å². The van der Waals surface area contributed by atoms with Crippen molar-refractivity contribution >= 4 is 62.9 Å². The average molecular weight is 429 g/mol. The highest BCUT2D eigenvalue weighted by molar-refractivity contribution is 7.14. The Kier molecular flexibility index (Phi) is 5.43. The van der Waals surface area contributed by atoms with Crippen molar-refractivity contribution in [3.05, 3.63) is 72.5 Å². The van der Waals surface area contributed by atoms with Gasteiger partial charge in [-0.1, -0.05) is 34.8 Å². The van der Waals surface area contributed by atoms with Gasteiger partial charge in [0.1, 0.15) is 0 Å². The molecule has 0 saturated heterocycles. The van der Waals surface area contributed by atoms with Crippen LogP contribution in [0.4, 0.5) is 10.8 Å². The molecule has 0 aliphatic heterocycles. The molecule has 0 aliphatic carbocycles. The molecule has 3 aromatic rings. The second-order valence-electron chi connectivity index (χ2n) is 5.04. The highest BCUT2D eigenvalue weighted by atomic mass is 35.5. The normalized spacial score (nSPS) is 10.6. The van der Waals surface area contributed by atoms with E-state index in [-0.39, 0.29) is 16.3 Å². The Morgan fingerprint density at radius 2 is 1.88 bits per heavy atom. The van der Waals surface area contributed by atoms with Gasteiger partial charge in [0.05, 0.1) is 26.2 Å². The van der Waals surface area contributed by atoms with Crippen molar-refractivity contribution in [1.29, 1.82) is 0 Å². The van der Waals surface area contributed by atoms with Crippen molar-refractivity contribution in [1.82, 2.24) is 4.98 Å². The van der Waals surface area contributed by atoms with Crippen LogP contribution in [0.15, 0.2) is 41.8 Å². The van der Waals surface area contributed by atoms with Crippen molar-refractivity contribution < 1.29 is 9.72 Å². The zero-order valence-corrected chi connectivity index (χ0v) is 15.8. The molecular weight excluding hydrogens is 421 g/mol. The Labute approximate surface area is 166 Å². The molecule has 0 saturated carbocycles. The van der Waals surface area contributed by atoms with Gasteiger partial charge in [0.2, 0.25) is 0 Å². The predicted molar refractivity (Wildman–Crippen MR) is 104 cm³/mol. The van der Waals surface area contributed by atoms with Crippen LogP contribution in [0.1, 0.15) is 10.4 Å². The number of nitrogens with one attached hydrogen (secondary N) is 1. The van der Waals surface area contributed by atoms with E-state index in [0.29, 0.717) is 26.4 Å². The first kappa shape index (κ1) is 18.6. The third kappa shape index (κ3) is 3.96. The van der Waals surface area contributed by atoms with E-state index < -0.39 is 10.8 Å². The summed E-state index contributed by atoms with van der Waals surface area (Å²) in [5.74, 6) is -0.520. The highest BCUT2D eigenvalue weighted by Gasteiger charge is 2.17. The quantitative estimate of drug-likeness (QED) is 0.412. The van der Waals surface area contributed by atoms with Crippen molar-refractivity contribution in [3.63, 3.8) is 0 Å². The van der Waals surface area contributed by atoms with Crippen LogP contribution in [0.5, 0.6) is 0 Å². The van der Waals surface area contributed by atoms with Crippen LogP contribution in [-0.2, 0) is 0 Å². The number of nitro benzene ring substituents is 1. The molecular formula is C16H8Cl3N3O3S. The number of halogens is 3. The third-order valence-corrected chi connectivity index (χ3v) is 4.96. The van der Waals surface area contributed by atoms with Crippen LogP contribution in [0.25, 0.3) is 11.3 Å². The standard InChI is InChI=1S/C16H8Cl3N3O3S/c17-8-1-3-10(12(18)5-8)14-7-26-16(20-14)21-15(23)11-4-2-9(22(24)25)6-13(11)19/h1-7H,(H,20,21,23). The minimum atomic E-state index is -0.587. The van der Waals surface area contributed by atoms with Gasteiger partial charge >= 0.3 is 0 Å². The summed E-state index contributed by atoms with van der Waals surface area (Å²) in [5, 5.41) is 16.4. The lowest BCUT2D eigenvalue weighted by molar-refractivity contribution is -0.384. The number of non-ortho nitro benzene ring substituents is 1. The number of carbonyl (C=O) groups excluding carboxylic acids is 1. The number of rotatable bonds is 4. The zero-order valence-electron chi connectivity index (χ0n) is 12.7. The number of aromatic nitrogens is 1. The maximum absolute atomic E-state index is 12.3. The summed E-state index contributed by atoms with van der Waals surface area (Å²) in [4.78, 5) is 26.8. The molecule has 6 nitrogen and oxygen atoms in total. The Bertz CT molecular complexity index is 1020. The van der Waals surface area contributed by atoms with Gasteiger partial charge in [0.25, 0.3) is 11.6 Å². The Morgan fingerprint density at radius 3 is 2.54 bits per heavy atom. The lowest BCUT2D eigenvalue weighted by Gasteiger charge is -2.04. The SMILES string of the molecule is O=C(Nc1nc(-c2ccc(Cl)cc2Cl)cs1)c1ccc([N+](=O)[O-])cc1Cl. The number of nitrogens with zero attached hydrogens (tertiary/aromatic N) is 2. The first-order valence-electron chi connectivity index (χ1n) is 7.01. The number of benzene rings is 2. The monoisotopic (exact) mass is 427 g/mol. The Balaban J connectivity index is 1.81. The number of thiazole rings is 1. The Hall–Kier alpha value is -2.19. The molecule has 1 amide bonds. The van der Waals surface area contributed by atoms with Crippen LogP contribution in [0.3, 0.4) is 0 Å². The van der Waals surface area contributed by atoms with E-state index in [1.807, 2.05) is 0 Å². The van der Waals surface area contributed by atoms with E-state index in [1.165, 1.54) is 23.5 Å². The summed E-state index contributed by atoms with van der Waals surface area (Å²) in [5.41, 5.74) is 1.18. The molecule has 1 aromatic heterocycles. The molecule has 26 heavy (non-hydrogen) atoms. The molecule has 1 N–H and O–H groups in total. The maximum Gasteiger partial charge on any atom is 0.270 e. The molecule has 0 radical (unpaired) electrons. The third-order valence-electron chi connectivity index (χ3n) is 3.34. The fourth-order valence-corrected chi connectivity index (χ4v) is 3.59. The first-order valence-corrected chi connectivity index (χ1v) is 9.03. The second-order valence-corrected chi connectivity index (χ2v) is 7.15. The van der Waals surface area contributed by atoms with E-state index in [4.69, 9.17) is 34.8 Å². The topological polar surface area (TPSA) is 85.1 Å². The van der Waals surface area contributed by atoms with E-state index in [2.05, 4.69) is 10.3 Å². The lowest BCUT2D eigenvalue weighted by Crippen LogP contribution is -2.12. The minimum Gasteiger partial charge on any atom is -0.298 e. The van der Waals surface area contributed by atoms with E-state index in [1.54, 1.807) is 23.6 Å². The highest BCUT2D eigenvalue weighted by Crippen LogP contribution is 2.32. The van der Waals surface area contributed by atoms with Crippen LogP contribution in [0.2, 0.25) is 15.1 Å². The summed E-state index contributed by atoms with van der Waals surface area (Å²) in [6, 6.07) is 8.65. The van der Waals surface area contributed by atoms with Crippen molar-refractivity contribution in [3.8, 4) is 11.3 Å². The van der Waals surface area contributed by atoms with Gasteiger partial charge in [-0.25, -0.2) is 4.98 Å². The summed E-state index contributed by atoms with van der Waals surface area (Å²) in [7, 11) is 0. The second kappa shape index (κ2) is 7.59. The molecule has 3 rings (SSSR count). The number of hydrogen-bond donors (Lipinski definition) is 1. The molecule has 132 valence electrons. The fourth-order valence-electron chi connectivity index (χ4n) is 2.12. The van der Waals surface area contributed by atoms with Gasteiger partial charge in [-0.05, 0) is 24.3 Å². The molecule has 0 bridgehead atoms. The number of carbonyl (C=O) groups is 1. The van der Waals surface area contributed by atoms with E-state index in [0.717, 1.165) is 6.07 Å². The average Bonchev–Trinajstić information content (AvgIpc) is 3.02. The predicted octanol–water partition coefficient (Wildman–Crippen LogP) is 5.93. The van der Waals surface area contributed by atoms with Crippen LogP contribution in [0, 0.1) is 10.1 Å². The molecule has 10 heteroatoms. The molecule has 0 aliphatic rings. The molecule has 2 aromatic carbocycles. The molecule has 1 heterocycles. The summed E-state index contributed by atoms with van der Waals surface area (Å²) >= 11 is 19.2. The lowest BCUT2D eigenvalue weighted by atomic mass is 10.2. The van der Waals surface area contributed by atoms with Gasteiger partial charge in [0, 0.05) is 28.1 Å². The maximum atomic E-state index is 12.3. The number of hydrogen-bond acceptors (Lipinski definition) is 5. The van der Waals surface area contributed by atoms with Gasteiger partial charge in [-0.3, -0.25) is 20.2 Å². The molecule has 0 atom stereocenters. The zero-order chi connectivity index (χ0) is 18.8. The summed E-state index contributed by atoms with van der Waals surface area (Å²) in [6.45, 7) is 0. The number of amides is 1. The van der Waals surface area contributed by atoms with Gasteiger partial charge in [-0.15, -0.1) is 11.3 Å². The van der Waals surface area contributed by atoms with Crippen molar-refractivity contribution in [2.45, 2.75) is 0 Å². The van der Waals surface area contributed by atoms with Crippen LogP contribution in [-0.4, -0.2) is 15.8 Å². The molecule has 0 unspecified atom stereocenters. The molecule has 0 spiro atoms. The smallest absolute Gasteiger partial charge is 0.270 e.